The molecule has 1 aliphatic heterocycles. The largest absolute Gasteiger partial charge is 0.494 e. The van der Waals surface area contributed by atoms with E-state index in [9.17, 15) is 13.6 Å². The van der Waals surface area contributed by atoms with E-state index in [4.69, 9.17) is 10.3 Å². The Morgan fingerprint density at radius 1 is 1.14 bits per heavy atom. The lowest BCUT2D eigenvalue weighted by atomic mass is 10.1. The second-order valence-corrected chi connectivity index (χ2v) is 8.52. The Kier molecular flexibility index (Phi) is 7.84. The number of hydrogen-bond acceptors (Lipinski definition) is 7. The predicted octanol–water partition coefficient (Wildman–Crippen LogP) is 4.26. The number of rotatable bonds is 9. The summed E-state index contributed by atoms with van der Waals surface area (Å²) in [6.07, 6.45) is 2.37. The first-order valence-corrected chi connectivity index (χ1v) is 11.4. The van der Waals surface area contributed by atoms with Crippen molar-refractivity contribution in [3.63, 3.8) is 0 Å². The smallest absolute Gasteiger partial charge is 0.258 e. The number of nitrogens with zero attached hydrogens (tertiary/aromatic N) is 3. The number of H-pyrrole nitrogens is 1. The number of benzene rings is 2. The van der Waals surface area contributed by atoms with Gasteiger partial charge in [0, 0.05) is 56.1 Å². The summed E-state index contributed by atoms with van der Waals surface area (Å²) in [6, 6.07) is 10.6. The summed E-state index contributed by atoms with van der Waals surface area (Å²) < 4.78 is 32.9. The number of hydrogen-bond donors (Lipinski definition) is 3. The molecule has 1 fully saturated rings. The molecule has 0 aliphatic carbocycles. The highest BCUT2D eigenvalue weighted by Gasteiger charge is 2.13. The molecule has 3 aromatic rings. The van der Waals surface area contributed by atoms with E-state index < -0.39 is 17.2 Å². The van der Waals surface area contributed by atoms with E-state index >= 15 is 0 Å². The van der Waals surface area contributed by atoms with Gasteiger partial charge in [0.1, 0.15) is 11.4 Å². The second kappa shape index (κ2) is 11.2. The molecule has 184 valence electrons. The number of ether oxygens (including phenoxy) is 1. The van der Waals surface area contributed by atoms with Crippen molar-refractivity contribution in [1.82, 2.24) is 14.8 Å². The lowest BCUT2D eigenvalue weighted by Crippen LogP contribution is -2.44. The first kappa shape index (κ1) is 24.5. The number of piperazine rings is 1. The fourth-order valence-corrected chi connectivity index (χ4v) is 3.91. The number of pyridine rings is 1. The Labute approximate surface area is 201 Å². The Morgan fingerprint density at radius 3 is 2.57 bits per heavy atom. The van der Waals surface area contributed by atoms with Gasteiger partial charge in [-0.2, -0.15) is 5.11 Å². The van der Waals surface area contributed by atoms with Gasteiger partial charge >= 0.3 is 0 Å². The third-order valence-electron chi connectivity index (χ3n) is 5.99. The zero-order valence-corrected chi connectivity index (χ0v) is 19.5. The number of anilines is 1. The van der Waals surface area contributed by atoms with Gasteiger partial charge in [-0.1, -0.05) is 0 Å². The van der Waals surface area contributed by atoms with Crippen molar-refractivity contribution in [3.05, 3.63) is 76.2 Å². The van der Waals surface area contributed by atoms with Gasteiger partial charge in [0.25, 0.3) is 5.56 Å². The van der Waals surface area contributed by atoms with Gasteiger partial charge in [-0.25, -0.2) is 14.3 Å². The van der Waals surface area contributed by atoms with Gasteiger partial charge in [-0.05, 0) is 49.9 Å². The van der Waals surface area contributed by atoms with E-state index in [1.54, 1.807) is 0 Å². The van der Waals surface area contributed by atoms with E-state index in [0.717, 1.165) is 57.0 Å². The molecule has 1 aromatic heterocycles. The normalized spacial score (nSPS) is 15.3. The van der Waals surface area contributed by atoms with Gasteiger partial charge in [0.2, 0.25) is 0 Å². The van der Waals surface area contributed by atoms with Crippen molar-refractivity contribution in [3.8, 4) is 5.75 Å². The molecule has 0 saturated carbocycles. The summed E-state index contributed by atoms with van der Waals surface area (Å²) in [5, 5.41) is 6.72. The van der Waals surface area contributed by atoms with Crippen molar-refractivity contribution < 1.29 is 13.5 Å². The summed E-state index contributed by atoms with van der Waals surface area (Å²) in [7, 11) is 2.14. The van der Waals surface area contributed by atoms with Crippen LogP contribution in [0, 0.1) is 17.2 Å². The number of nitrogens with one attached hydrogen (secondary N) is 3. The van der Waals surface area contributed by atoms with Crippen molar-refractivity contribution in [2.75, 3.05) is 51.7 Å². The minimum absolute atomic E-state index is 0.0436. The van der Waals surface area contributed by atoms with Crippen molar-refractivity contribution in [1.29, 1.82) is 5.53 Å². The van der Waals surface area contributed by atoms with E-state index in [2.05, 4.69) is 32.3 Å². The minimum atomic E-state index is -1.05. The molecule has 4 rings (SSSR count). The van der Waals surface area contributed by atoms with E-state index in [0.29, 0.717) is 17.7 Å². The highest BCUT2D eigenvalue weighted by atomic mass is 19.2. The van der Waals surface area contributed by atoms with Gasteiger partial charge in [-0.3, -0.25) is 4.79 Å². The molecule has 1 saturated heterocycles. The molecule has 0 radical (unpaired) electrons. The average molecular weight is 483 g/mol. The molecule has 8 nitrogen and oxygen atoms in total. The van der Waals surface area contributed by atoms with Crippen LogP contribution in [0.2, 0.25) is 0 Å². The Balaban J connectivity index is 1.34. The average Bonchev–Trinajstić information content (AvgIpc) is 2.85. The second-order valence-electron chi connectivity index (χ2n) is 8.52. The number of aromatic amines is 1. The van der Waals surface area contributed by atoms with Crippen LogP contribution >= 0.6 is 0 Å². The van der Waals surface area contributed by atoms with E-state index in [-0.39, 0.29) is 16.8 Å². The van der Waals surface area contributed by atoms with Crippen LogP contribution in [0.15, 0.2) is 58.6 Å². The Morgan fingerprint density at radius 2 is 1.86 bits per heavy atom. The maximum Gasteiger partial charge on any atom is 0.258 e. The number of aromatic nitrogens is 1. The monoisotopic (exact) mass is 482 g/mol. The third-order valence-corrected chi connectivity index (χ3v) is 5.99. The molecule has 1 aliphatic rings. The summed E-state index contributed by atoms with van der Waals surface area (Å²) >= 11 is 0. The van der Waals surface area contributed by atoms with Gasteiger partial charge in [0.15, 0.2) is 11.6 Å². The molecule has 2 heterocycles. The van der Waals surface area contributed by atoms with Gasteiger partial charge in [-0.15, -0.1) is 0 Å². The van der Waals surface area contributed by atoms with Crippen LogP contribution in [-0.4, -0.2) is 61.2 Å². The Bertz CT molecular complexity index is 1270. The van der Waals surface area contributed by atoms with Gasteiger partial charge < -0.3 is 24.8 Å². The van der Waals surface area contributed by atoms with E-state index in [1.807, 2.05) is 24.3 Å². The molecule has 0 spiro atoms. The van der Waals surface area contributed by atoms with Crippen molar-refractivity contribution >= 4 is 22.3 Å². The third kappa shape index (κ3) is 6.28. The zero-order chi connectivity index (χ0) is 24.8. The lowest BCUT2D eigenvalue weighted by molar-refractivity contribution is 0.145. The van der Waals surface area contributed by atoms with E-state index in [1.165, 1.54) is 12.3 Å². The van der Waals surface area contributed by atoms with Crippen LogP contribution < -0.4 is 15.6 Å². The molecule has 2 aromatic carbocycles. The molecular formula is C25H28F2N6O2. The molecule has 35 heavy (non-hydrogen) atoms. The molecule has 0 bridgehead atoms. The summed E-state index contributed by atoms with van der Waals surface area (Å²) in [4.78, 5) is 19.7. The first-order valence-electron chi connectivity index (χ1n) is 11.4. The molecule has 10 heteroatoms. The van der Waals surface area contributed by atoms with Crippen LogP contribution in [0.3, 0.4) is 0 Å². The maximum atomic E-state index is 13.6. The standard InChI is InChI=1S/C25H28F2N6O2/c1-32-8-10-33(11-9-32)7-2-12-35-19-5-3-18(4-6-19)29-16-24(31-28)20-13-17-14-21(26)22(27)15-23(17)30-25(20)34/h3-6,13-16,28-29H,2,7-12H2,1H3,(H,30,34)/b24-16-,31-28?. The highest BCUT2D eigenvalue weighted by Crippen LogP contribution is 2.21. The first-order chi connectivity index (χ1) is 16.9. The zero-order valence-electron chi connectivity index (χ0n) is 19.5. The number of halogens is 2. The SMILES string of the molecule is CN1CCN(CCCOc2ccc(N/C=C(\N=N)c3cc4cc(F)c(F)cc4[nH]c3=O)cc2)CC1. The van der Waals surface area contributed by atoms with Gasteiger partial charge in [0.05, 0.1) is 17.7 Å². The lowest BCUT2D eigenvalue weighted by Gasteiger charge is -2.32. The van der Waals surface area contributed by atoms with Crippen LogP contribution in [0.25, 0.3) is 16.6 Å². The summed E-state index contributed by atoms with van der Waals surface area (Å²) in [5.41, 5.74) is 7.87. The van der Waals surface area contributed by atoms with Crippen molar-refractivity contribution in [2.45, 2.75) is 6.42 Å². The fourth-order valence-electron chi connectivity index (χ4n) is 3.91. The maximum absolute atomic E-state index is 13.6. The molecule has 0 unspecified atom stereocenters. The number of fused-ring (bicyclic) bond motifs is 1. The highest BCUT2D eigenvalue weighted by molar-refractivity contribution is 5.82. The quantitative estimate of drug-likeness (QED) is 0.313. The van der Waals surface area contributed by atoms with Crippen LogP contribution in [0.5, 0.6) is 5.75 Å². The predicted molar refractivity (Wildman–Crippen MR) is 132 cm³/mol. The molecule has 0 amide bonds. The van der Waals surface area contributed by atoms with Crippen LogP contribution in [-0.2, 0) is 0 Å². The molecule has 0 atom stereocenters. The fraction of sp³-hybridized carbons (Fsp3) is 0.320. The van der Waals surface area contributed by atoms with Crippen molar-refractivity contribution in [2.24, 2.45) is 5.11 Å². The summed E-state index contributed by atoms with van der Waals surface area (Å²) in [6.45, 7) is 6.05. The Hall–Kier alpha value is -3.63. The summed E-state index contributed by atoms with van der Waals surface area (Å²) in [5.74, 6) is -1.32. The molecular weight excluding hydrogens is 454 g/mol. The minimum Gasteiger partial charge on any atom is -0.494 e. The van der Waals surface area contributed by atoms with Crippen LogP contribution in [0.1, 0.15) is 12.0 Å². The topological polar surface area (TPSA) is 96.8 Å². The number of likely N-dealkylation sites (N-methyl/N-ethyl adjacent to an activating group) is 1. The molecule has 3 N–H and O–H groups in total. The van der Waals surface area contributed by atoms with Crippen LogP contribution in [0.4, 0.5) is 14.5 Å².